The van der Waals surface area contributed by atoms with Gasteiger partial charge in [0.1, 0.15) is 10.8 Å². The van der Waals surface area contributed by atoms with Gasteiger partial charge in [-0.05, 0) is 35.4 Å². The van der Waals surface area contributed by atoms with E-state index in [9.17, 15) is 4.79 Å². The molecule has 1 fully saturated rings. The smallest absolute Gasteiger partial charge is 0.256 e. The predicted molar refractivity (Wildman–Crippen MR) is 130 cm³/mol. The molecular formula is C26H26N4O2S. The average Bonchev–Trinajstić information content (AvgIpc) is 3.28. The monoisotopic (exact) mass is 458 g/mol. The number of benzene rings is 2. The first-order valence-corrected chi connectivity index (χ1v) is 12.1. The Morgan fingerprint density at radius 2 is 1.85 bits per heavy atom. The van der Waals surface area contributed by atoms with Gasteiger partial charge in [-0.15, -0.1) is 0 Å². The van der Waals surface area contributed by atoms with Crippen LogP contribution in [0.5, 0.6) is 0 Å². The molecule has 1 amide bonds. The number of amides is 1. The molecule has 0 aliphatic carbocycles. The van der Waals surface area contributed by atoms with Crippen LogP contribution >= 0.6 is 11.8 Å². The summed E-state index contributed by atoms with van der Waals surface area (Å²) in [5, 5.41) is 7.34. The van der Waals surface area contributed by atoms with Crippen molar-refractivity contribution in [2.24, 2.45) is 0 Å². The van der Waals surface area contributed by atoms with Crippen LogP contribution in [0.15, 0.2) is 76.4 Å². The van der Waals surface area contributed by atoms with Crippen molar-refractivity contribution in [3.8, 4) is 0 Å². The van der Waals surface area contributed by atoms with Crippen molar-refractivity contribution in [3.63, 3.8) is 0 Å². The summed E-state index contributed by atoms with van der Waals surface area (Å²) in [5.74, 6) is 1.45. The summed E-state index contributed by atoms with van der Waals surface area (Å²) in [6.07, 6.45) is 1.73. The number of hydrogen-bond acceptors (Lipinski definition) is 6. The third-order valence-electron chi connectivity index (χ3n) is 5.97. The number of piperazine rings is 1. The molecule has 6 nitrogen and oxygen atoms in total. The minimum absolute atomic E-state index is 0.0479. The first kappa shape index (κ1) is 21.7. The molecule has 2 aromatic heterocycles. The lowest BCUT2D eigenvalue weighted by molar-refractivity contribution is 0.0624. The van der Waals surface area contributed by atoms with Gasteiger partial charge in [-0.1, -0.05) is 59.4 Å². The molecule has 1 aliphatic heterocycles. The van der Waals surface area contributed by atoms with E-state index < -0.39 is 0 Å². The van der Waals surface area contributed by atoms with E-state index in [-0.39, 0.29) is 5.91 Å². The van der Waals surface area contributed by atoms with E-state index in [1.54, 1.807) is 6.20 Å². The molecule has 1 aliphatic rings. The van der Waals surface area contributed by atoms with E-state index in [0.717, 1.165) is 36.1 Å². The highest BCUT2D eigenvalue weighted by Crippen LogP contribution is 2.26. The molecule has 1 saturated heterocycles. The van der Waals surface area contributed by atoms with Gasteiger partial charge >= 0.3 is 0 Å². The van der Waals surface area contributed by atoms with E-state index in [1.807, 2.05) is 30.0 Å². The molecule has 4 aromatic rings. The molecule has 0 bridgehead atoms. The second-order valence-corrected chi connectivity index (χ2v) is 9.24. The van der Waals surface area contributed by atoms with Crippen molar-refractivity contribution < 1.29 is 9.32 Å². The van der Waals surface area contributed by atoms with Crippen LogP contribution in [0.3, 0.4) is 0 Å². The normalized spacial score (nSPS) is 14.6. The molecule has 2 aromatic carbocycles. The van der Waals surface area contributed by atoms with Crippen molar-refractivity contribution in [1.29, 1.82) is 0 Å². The second kappa shape index (κ2) is 9.77. The first-order valence-electron chi connectivity index (χ1n) is 11.2. The number of rotatable bonds is 6. The van der Waals surface area contributed by atoms with Crippen LogP contribution in [0.2, 0.25) is 0 Å². The summed E-state index contributed by atoms with van der Waals surface area (Å²) < 4.78 is 5.14. The molecule has 5 rings (SSSR count). The molecule has 168 valence electrons. The number of nitrogens with zero attached hydrogens (tertiary/aromatic N) is 4. The van der Waals surface area contributed by atoms with Crippen LogP contribution in [0.25, 0.3) is 10.8 Å². The maximum Gasteiger partial charge on any atom is 0.256 e. The van der Waals surface area contributed by atoms with Gasteiger partial charge in [-0.2, -0.15) is 0 Å². The Bertz CT molecular complexity index is 1260. The lowest BCUT2D eigenvalue weighted by Gasteiger charge is -2.35. The quantitative estimate of drug-likeness (QED) is 0.388. The van der Waals surface area contributed by atoms with E-state index in [0.29, 0.717) is 24.4 Å². The van der Waals surface area contributed by atoms with Crippen LogP contribution in [-0.2, 0) is 12.3 Å². The molecule has 0 unspecified atom stereocenters. The summed E-state index contributed by atoms with van der Waals surface area (Å²) in [6, 6.07) is 20.6. The van der Waals surface area contributed by atoms with E-state index in [4.69, 9.17) is 4.52 Å². The molecule has 7 heteroatoms. The minimum atomic E-state index is 0.0479. The molecule has 0 spiro atoms. The topological polar surface area (TPSA) is 62.5 Å². The average molecular weight is 459 g/mol. The summed E-state index contributed by atoms with van der Waals surface area (Å²) >= 11 is 1.52. The lowest BCUT2D eigenvalue weighted by Crippen LogP contribution is -2.48. The Kier molecular flexibility index (Phi) is 6.41. The zero-order valence-electron chi connectivity index (χ0n) is 18.6. The maximum atomic E-state index is 13.3. The number of aryl methyl sites for hydroxylation is 1. The standard InChI is InChI=1S/C26H26N4O2S/c1-19-16-22(28-32-19)18-33-25-24(10-5-11-27-25)26(31)30-14-12-29(13-15-30)17-21-8-4-7-20-6-2-3-9-23(20)21/h2-11,16H,12-15,17-18H2,1H3. The van der Waals surface area contributed by atoms with Gasteiger partial charge in [0, 0.05) is 50.7 Å². The zero-order chi connectivity index (χ0) is 22.6. The summed E-state index contributed by atoms with van der Waals surface area (Å²) in [6.45, 7) is 5.91. The maximum absolute atomic E-state index is 13.3. The van der Waals surface area contributed by atoms with Gasteiger partial charge in [0.2, 0.25) is 0 Å². The third-order valence-corrected chi connectivity index (χ3v) is 7.01. The van der Waals surface area contributed by atoms with Crippen molar-refractivity contribution in [1.82, 2.24) is 19.9 Å². The van der Waals surface area contributed by atoms with Gasteiger partial charge < -0.3 is 9.42 Å². The number of fused-ring (bicyclic) bond motifs is 1. The minimum Gasteiger partial charge on any atom is -0.361 e. The van der Waals surface area contributed by atoms with Crippen molar-refractivity contribution >= 4 is 28.4 Å². The number of carbonyl (C=O) groups is 1. The number of carbonyl (C=O) groups excluding carboxylic acids is 1. The van der Waals surface area contributed by atoms with Crippen molar-refractivity contribution in [2.45, 2.75) is 24.2 Å². The fraction of sp³-hybridized carbons (Fsp3) is 0.269. The van der Waals surface area contributed by atoms with E-state index in [1.165, 1.54) is 28.1 Å². The Morgan fingerprint density at radius 1 is 1.03 bits per heavy atom. The summed E-state index contributed by atoms with van der Waals surface area (Å²) in [5.41, 5.74) is 2.84. The SMILES string of the molecule is Cc1cc(CSc2ncccc2C(=O)N2CCN(Cc3cccc4ccccc34)CC2)no1. The van der Waals surface area contributed by atoms with Gasteiger partial charge in [-0.25, -0.2) is 4.98 Å². The molecule has 0 radical (unpaired) electrons. The largest absolute Gasteiger partial charge is 0.361 e. The molecular weight excluding hydrogens is 432 g/mol. The molecule has 0 N–H and O–H groups in total. The third kappa shape index (κ3) is 4.94. The van der Waals surface area contributed by atoms with Crippen LogP contribution in [0.4, 0.5) is 0 Å². The molecule has 33 heavy (non-hydrogen) atoms. The fourth-order valence-corrected chi connectivity index (χ4v) is 5.11. The van der Waals surface area contributed by atoms with Crippen LogP contribution in [0, 0.1) is 6.92 Å². The van der Waals surface area contributed by atoms with Gasteiger partial charge in [0.15, 0.2) is 0 Å². The number of hydrogen-bond donors (Lipinski definition) is 0. The van der Waals surface area contributed by atoms with Gasteiger partial charge in [0.05, 0.1) is 11.3 Å². The van der Waals surface area contributed by atoms with E-state index in [2.05, 4.69) is 57.5 Å². The number of aromatic nitrogens is 2. The summed E-state index contributed by atoms with van der Waals surface area (Å²) in [7, 11) is 0. The predicted octanol–water partition coefficient (Wildman–Crippen LogP) is 4.78. The Labute approximate surface area is 197 Å². The van der Waals surface area contributed by atoms with Crippen LogP contribution in [0.1, 0.15) is 27.4 Å². The molecule has 0 atom stereocenters. The number of thioether (sulfide) groups is 1. The van der Waals surface area contributed by atoms with Crippen LogP contribution < -0.4 is 0 Å². The Morgan fingerprint density at radius 3 is 2.67 bits per heavy atom. The van der Waals surface area contributed by atoms with Gasteiger partial charge in [0.25, 0.3) is 5.91 Å². The molecule has 0 saturated carbocycles. The van der Waals surface area contributed by atoms with E-state index >= 15 is 0 Å². The second-order valence-electron chi connectivity index (χ2n) is 8.28. The summed E-state index contributed by atoms with van der Waals surface area (Å²) in [4.78, 5) is 22.1. The highest BCUT2D eigenvalue weighted by atomic mass is 32.2. The van der Waals surface area contributed by atoms with Crippen molar-refractivity contribution in [2.75, 3.05) is 26.2 Å². The Hall–Kier alpha value is -3.16. The fourth-order valence-electron chi connectivity index (χ4n) is 4.25. The zero-order valence-corrected chi connectivity index (χ0v) is 19.4. The van der Waals surface area contributed by atoms with Crippen molar-refractivity contribution in [3.05, 3.63) is 89.4 Å². The Balaban J connectivity index is 1.22. The molecule has 3 heterocycles. The highest BCUT2D eigenvalue weighted by Gasteiger charge is 2.24. The van der Waals surface area contributed by atoms with Gasteiger partial charge in [-0.3, -0.25) is 9.69 Å². The number of pyridine rings is 1. The lowest BCUT2D eigenvalue weighted by atomic mass is 10.0. The first-order chi connectivity index (χ1) is 16.2. The highest BCUT2D eigenvalue weighted by molar-refractivity contribution is 7.98. The van der Waals surface area contributed by atoms with Crippen LogP contribution in [-0.4, -0.2) is 52.0 Å².